The van der Waals surface area contributed by atoms with Gasteiger partial charge in [-0.1, -0.05) is 18.2 Å². The average molecular weight is 359 g/mol. The Balaban J connectivity index is 1.75. The van der Waals surface area contributed by atoms with Crippen LogP contribution >= 0.6 is 11.3 Å². The van der Waals surface area contributed by atoms with Crippen molar-refractivity contribution >= 4 is 23.2 Å². The van der Waals surface area contributed by atoms with Crippen molar-refractivity contribution in [1.29, 1.82) is 0 Å². The van der Waals surface area contributed by atoms with Crippen LogP contribution in [-0.4, -0.2) is 43.9 Å². The van der Waals surface area contributed by atoms with Gasteiger partial charge in [-0.2, -0.15) is 11.3 Å². The van der Waals surface area contributed by atoms with Crippen molar-refractivity contribution < 1.29 is 9.59 Å². The van der Waals surface area contributed by atoms with Crippen LogP contribution < -0.4 is 10.6 Å². The SMILES string of the molecule is Cc1ccccc1C(=O)NCCC(=O)NCC(c1ccsc1)N(C)C. The number of nitrogens with one attached hydrogen (secondary N) is 2. The highest BCUT2D eigenvalue weighted by Gasteiger charge is 2.15. The molecule has 0 saturated heterocycles. The zero-order chi connectivity index (χ0) is 18.2. The van der Waals surface area contributed by atoms with Gasteiger partial charge in [-0.05, 0) is 55.0 Å². The molecule has 2 rings (SSSR count). The Morgan fingerprint density at radius 1 is 1.16 bits per heavy atom. The summed E-state index contributed by atoms with van der Waals surface area (Å²) in [5.74, 6) is -0.206. The van der Waals surface area contributed by atoms with Crippen LogP contribution in [0, 0.1) is 6.92 Å². The second-order valence-corrected chi connectivity index (χ2v) is 6.94. The number of nitrogens with zero attached hydrogens (tertiary/aromatic N) is 1. The molecule has 2 N–H and O–H groups in total. The molecule has 0 bridgehead atoms. The lowest BCUT2D eigenvalue weighted by molar-refractivity contribution is -0.121. The Bertz CT molecular complexity index is 698. The first-order valence-electron chi connectivity index (χ1n) is 8.28. The smallest absolute Gasteiger partial charge is 0.251 e. The number of hydrogen-bond donors (Lipinski definition) is 2. The van der Waals surface area contributed by atoms with Crippen molar-refractivity contribution in [2.24, 2.45) is 0 Å². The van der Waals surface area contributed by atoms with Crippen LogP contribution in [-0.2, 0) is 4.79 Å². The molecule has 5 nitrogen and oxygen atoms in total. The van der Waals surface area contributed by atoms with Crippen molar-refractivity contribution in [2.45, 2.75) is 19.4 Å². The molecule has 1 heterocycles. The van der Waals surface area contributed by atoms with Crippen LogP contribution in [0.5, 0.6) is 0 Å². The quantitative estimate of drug-likeness (QED) is 0.762. The van der Waals surface area contributed by atoms with E-state index in [1.165, 1.54) is 5.56 Å². The fraction of sp³-hybridized carbons (Fsp3) is 0.368. The third-order valence-electron chi connectivity index (χ3n) is 4.07. The van der Waals surface area contributed by atoms with E-state index in [0.717, 1.165) is 5.56 Å². The van der Waals surface area contributed by atoms with Gasteiger partial charge < -0.3 is 15.5 Å². The van der Waals surface area contributed by atoms with E-state index in [4.69, 9.17) is 0 Å². The molecule has 2 amide bonds. The van der Waals surface area contributed by atoms with E-state index in [1.807, 2.05) is 44.6 Å². The summed E-state index contributed by atoms with van der Waals surface area (Å²) in [6, 6.07) is 9.64. The molecule has 0 aliphatic heterocycles. The van der Waals surface area contributed by atoms with Gasteiger partial charge in [-0.15, -0.1) is 0 Å². The van der Waals surface area contributed by atoms with Gasteiger partial charge in [0.05, 0.1) is 6.04 Å². The Morgan fingerprint density at radius 3 is 2.56 bits per heavy atom. The zero-order valence-corrected chi connectivity index (χ0v) is 15.7. The molecule has 0 radical (unpaired) electrons. The summed E-state index contributed by atoms with van der Waals surface area (Å²) >= 11 is 1.65. The van der Waals surface area contributed by atoms with Gasteiger partial charge in [0.25, 0.3) is 5.91 Å². The fourth-order valence-corrected chi connectivity index (χ4v) is 3.28. The van der Waals surface area contributed by atoms with Crippen LogP contribution in [0.2, 0.25) is 0 Å². The van der Waals surface area contributed by atoms with E-state index in [-0.39, 0.29) is 24.3 Å². The van der Waals surface area contributed by atoms with Gasteiger partial charge in [-0.3, -0.25) is 9.59 Å². The molecule has 0 aliphatic carbocycles. The summed E-state index contributed by atoms with van der Waals surface area (Å²) in [5, 5.41) is 9.88. The number of likely N-dealkylation sites (N-methyl/N-ethyl adjacent to an activating group) is 1. The van der Waals surface area contributed by atoms with Crippen LogP contribution in [0.3, 0.4) is 0 Å². The molecule has 2 aromatic rings. The number of carbonyl (C=O) groups is 2. The minimum atomic E-state index is -0.143. The van der Waals surface area contributed by atoms with E-state index in [1.54, 1.807) is 17.4 Å². The van der Waals surface area contributed by atoms with Crippen LogP contribution in [0.1, 0.15) is 33.9 Å². The summed E-state index contributed by atoms with van der Waals surface area (Å²) < 4.78 is 0. The topological polar surface area (TPSA) is 61.4 Å². The van der Waals surface area contributed by atoms with E-state index in [2.05, 4.69) is 27.0 Å². The molecule has 0 aliphatic rings. The van der Waals surface area contributed by atoms with Crippen molar-refractivity contribution in [3.05, 3.63) is 57.8 Å². The Labute approximate surface area is 153 Å². The summed E-state index contributed by atoms with van der Waals surface area (Å²) in [5.41, 5.74) is 2.77. The number of amides is 2. The van der Waals surface area contributed by atoms with Gasteiger partial charge in [0.2, 0.25) is 5.91 Å². The average Bonchev–Trinajstić information content (AvgIpc) is 3.09. The number of carbonyl (C=O) groups excluding carboxylic acids is 2. The maximum atomic E-state index is 12.1. The largest absolute Gasteiger partial charge is 0.354 e. The van der Waals surface area contributed by atoms with E-state index in [0.29, 0.717) is 18.7 Å². The monoisotopic (exact) mass is 359 g/mol. The summed E-state index contributed by atoms with van der Waals surface area (Å²) in [7, 11) is 3.99. The third-order valence-corrected chi connectivity index (χ3v) is 4.77. The summed E-state index contributed by atoms with van der Waals surface area (Å²) in [4.78, 5) is 26.2. The molecule has 0 fully saturated rings. The number of hydrogen-bond acceptors (Lipinski definition) is 4. The van der Waals surface area contributed by atoms with E-state index < -0.39 is 0 Å². The van der Waals surface area contributed by atoms with Crippen LogP contribution in [0.4, 0.5) is 0 Å². The zero-order valence-electron chi connectivity index (χ0n) is 14.9. The first-order chi connectivity index (χ1) is 12.0. The Hall–Kier alpha value is -2.18. The highest BCUT2D eigenvalue weighted by atomic mass is 32.1. The second-order valence-electron chi connectivity index (χ2n) is 6.16. The normalized spacial score (nSPS) is 12.0. The fourth-order valence-electron chi connectivity index (χ4n) is 2.57. The summed E-state index contributed by atoms with van der Waals surface area (Å²) in [6.45, 7) is 2.77. The Morgan fingerprint density at radius 2 is 1.92 bits per heavy atom. The van der Waals surface area contributed by atoms with Crippen molar-refractivity contribution in [3.63, 3.8) is 0 Å². The van der Waals surface area contributed by atoms with Crippen molar-refractivity contribution in [1.82, 2.24) is 15.5 Å². The van der Waals surface area contributed by atoms with Gasteiger partial charge >= 0.3 is 0 Å². The van der Waals surface area contributed by atoms with Crippen LogP contribution in [0.25, 0.3) is 0 Å². The Kier molecular flexibility index (Phi) is 7.16. The van der Waals surface area contributed by atoms with E-state index >= 15 is 0 Å². The summed E-state index contributed by atoms with van der Waals surface area (Å²) in [6.07, 6.45) is 0.265. The van der Waals surface area contributed by atoms with Crippen molar-refractivity contribution in [2.75, 3.05) is 27.2 Å². The van der Waals surface area contributed by atoms with Crippen LogP contribution in [0.15, 0.2) is 41.1 Å². The first kappa shape index (κ1) is 19.1. The van der Waals surface area contributed by atoms with Gasteiger partial charge in [0, 0.05) is 25.1 Å². The first-order valence-corrected chi connectivity index (χ1v) is 9.22. The predicted octanol–water partition coefficient (Wildman–Crippen LogP) is 2.60. The minimum absolute atomic E-state index is 0.0628. The minimum Gasteiger partial charge on any atom is -0.354 e. The molecular formula is C19H25N3O2S. The maximum absolute atomic E-state index is 12.1. The molecule has 25 heavy (non-hydrogen) atoms. The second kappa shape index (κ2) is 9.34. The maximum Gasteiger partial charge on any atom is 0.251 e. The van der Waals surface area contributed by atoms with Gasteiger partial charge in [0.1, 0.15) is 0 Å². The lowest BCUT2D eigenvalue weighted by Gasteiger charge is -2.24. The van der Waals surface area contributed by atoms with E-state index in [9.17, 15) is 9.59 Å². The standard InChI is InChI=1S/C19H25N3O2S/c1-14-6-4-5-7-16(14)19(24)20-10-8-18(23)21-12-17(22(2)3)15-9-11-25-13-15/h4-7,9,11,13,17H,8,10,12H2,1-3H3,(H,20,24)(H,21,23). The number of benzene rings is 1. The molecule has 6 heteroatoms. The highest BCUT2D eigenvalue weighted by Crippen LogP contribution is 2.19. The molecular weight excluding hydrogens is 334 g/mol. The number of aryl methyl sites for hydroxylation is 1. The molecule has 1 atom stereocenters. The molecule has 1 aromatic heterocycles. The predicted molar refractivity (Wildman–Crippen MR) is 102 cm³/mol. The number of thiophene rings is 1. The molecule has 0 saturated carbocycles. The third kappa shape index (κ3) is 5.69. The molecule has 0 spiro atoms. The number of rotatable bonds is 8. The van der Waals surface area contributed by atoms with Gasteiger partial charge in [-0.25, -0.2) is 0 Å². The molecule has 1 aromatic carbocycles. The molecule has 134 valence electrons. The van der Waals surface area contributed by atoms with Gasteiger partial charge in [0.15, 0.2) is 0 Å². The molecule has 1 unspecified atom stereocenters. The lowest BCUT2D eigenvalue weighted by Crippen LogP contribution is -2.36. The highest BCUT2D eigenvalue weighted by molar-refractivity contribution is 7.07. The van der Waals surface area contributed by atoms with Crippen molar-refractivity contribution in [3.8, 4) is 0 Å². The lowest BCUT2D eigenvalue weighted by atomic mass is 10.1.